The topological polar surface area (TPSA) is 29.3 Å². The summed E-state index contributed by atoms with van der Waals surface area (Å²) in [5, 5.41) is 0. The summed E-state index contributed by atoms with van der Waals surface area (Å²) in [5.41, 5.74) is 5.99. The maximum atomic E-state index is 5.99. The lowest BCUT2D eigenvalue weighted by Crippen LogP contribution is -2.41. The number of hydrogen-bond donors (Lipinski definition) is 1. The highest BCUT2D eigenvalue weighted by molar-refractivity contribution is 4.92. The van der Waals surface area contributed by atoms with Gasteiger partial charge in [0.2, 0.25) is 0 Å². The maximum absolute atomic E-state index is 5.99. The standard InChI is InChI=1S/C15H28N2/c1-17(15-6-4-14(16)5-7-15)10-13-9-11-2-3-12(13)8-11/h11-15H,2-10,16H2,1H3. The number of nitrogens with zero attached hydrogens (tertiary/aromatic N) is 1. The Kier molecular flexibility index (Phi) is 3.45. The molecule has 2 N–H and O–H groups in total. The summed E-state index contributed by atoms with van der Waals surface area (Å²) in [5.74, 6) is 3.20. The Morgan fingerprint density at radius 2 is 1.76 bits per heavy atom. The van der Waals surface area contributed by atoms with Gasteiger partial charge >= 0.3 is 0 Å². The predicted octanol–water partition coefficient (Wildman–Crippen LogP) is 2.62. The molecule has 0 aliphatic heterocycles. The van der Waals surface area contributed by atoms with Gasteiger partial charge < -0.3 is 10.6 Å². The van der Waals surface area contributed by atoms with Crippen molar-refractivity contribution in [1.29, 1.82) is 0 Å². The second kappa shape index (κ2) is 4.89. The van der Waals surface area contributed by atoms with E-state index in [0.717, 1.165) is 23.8 Å². The van der Waals surface area contributed by atoms with E-state index in [1.165, 1.54) is 51.5 Å². The third-order valence-corrected chi connectivity index (χ3v) is 5.77. The zero-order valence-corrected chi connectivity index (χ0v) is 11.3. The molecule has 0 aromatic rings. The van der Waals surface area contributed by atoms with Crippen molar-refractivity contribution in [3.63, 3.8) is 0 Å². The molecule has 0 heterocycles. The molecule has 3 atom stereocenters. The van der Waals surface area contributed by atoms with Gasteiger partial charge in [-0.1, -0.05) is 6.42 Å². The molecule has 98 valence electrons. The zero-order chi connectivity index (χ0) is 11.8. The lowest BCUT2D eigenvalue weighted by molar-refractivity contribution is 0.139. The van der Waals surface area contributed by atoms with Gasteiger partial charge in [0.1, 0.15) is 0 Å². The van der Waals surface area contributed by atoms with Gasteiger partial charge in [0.25, 0.3) is 0 Å². The molecular formula is C15H28N2. The lowest BCUT2D eigenvalue weighted by Gasteiger charge is -2.36. The Morgan fingerprint density at radius 3 is 2.35 bits per heavy atom. The summed E-state index contributed by atoms with van der Waals surface area (Å²) >= 11 is 0. The molecule has 3 rings (SSSR count). The molecule has 3 saturated carbocycles. The third kappa shape index (κ3) is 2.53. The molecule has 3 fully saturated rings. The second-order valence-corrected chi connectivity index (χ2v) is 6.94. The summed E-state index contributed by atoms with van der Waals surface area (Å²) in [4.78, 5) is 2.66. The van der Waals surface area contributed by atoms with Crippen LogP contribution in [0.25, 0.3) is 0 Å². The molecule has 3 aliphatic carbocycles. The first-order chi connectivity index (χ1) is 8.22. The van der Waals surface area contributed by atoms with E-state index in [-0.39, 0.29) is 0 Å². The number of fused-ring (bicyclic) bond motifs is 2. The van der Waals surface area contributed by atoms with Crippen LogP contribution in [-0.2, 0) is 0 Å². The maximum Gasteiger partial charge on any atom is 0.00934 e. The fraction of sp³-hybridized carbons (Fsp3) is 1.00. The Bertz CT molecular complexity index is 258. The average Bonchev–Trinajstić information content (AvgIpc) is 2.91. The zero-order valence-electron chi connectivity index (χ0n) is 11.3. The number of nitrogens with two attached hydrogens (primary N) is 1. The fourth-order valence-electron chi connectivity index (χ4n) is 4.66. The van der Waals surface area contributed by atoms with Crippen LogP contribution in [0.3, 0.4) is 0 Å². The Labute approximate surface area is 106 Å². The van der Waals surface area contributed by atoms with Gasteiger partial charge in [-0.25, -0.2) is 0 Å². The van der Waals surface area contributed by atoms with E-state index in [4.69, 9.17) is 5.73 Å². The molecule has 0 saturated heterocycles. The van der Waals surface area contributed by atoms with Crippen molar-refractivity contribution in [3.8, 4) is 0 Å². The molecule has 0 amide bonds. The van der Waals surface area contributed by atoms with E-state index in [2.05, 4.69) is 11.9 Å². The van der Waals surface area contributed by atoms with E-state index >= 15 is 0 Å². The molecule has 0 aromatic carbocycles. The van der Waals surface area contributed by atoms with Crippen molar-refractivity contribution in [2.45, 2.75) is 63.5 Å². The summed E-state index contributed by atoms with van der Waals surface area (Å²) in [7, 11) is 2.35. The highest BCUT2D eigenvalue weighted by atomic mass is 15.1. The summed E-state index contributed by atoms with van der Waals surface area (Å²) in [6.07, 6.45) is 11.3. The number of hydrogen-bond acceptors (Lipinski definition) is 2. The highest BCUT2D eigenvalue weighted by Crippen LogP contribution is 2.48. The van der Waals surface area contributed by atoms with Crippen LogP contribution >= 0.6 is 0 Å². The average molecular weight is 236 g/mol. The Morgan fingerprint density at radius 1 is 1.00 bits per heavy atom. The summed E-state index contributed by atoms with van der Waals surface area (Å²) in [6, 6.07) is 1.32. The normalized spacial score (nSPS) is 45.7. The predicted molar refractivity (Wildman–Crippen MR) is 71.8 cm³/mol. The minimum atomic E-state index is 0.488. The van der Waals surface area contributed by atoms with Crippen LogP contribution in [0.2, 0.25) is 0 Å². The quantitative estimate of drug-likeness (QED) is 0.816. The largest absolute Gasteiger partial charge is 0.328 e. The van der Waals surface area contributed by atoms with Crippen LogP contribution in [0.5, 0.6) is 0 Å². The molecule has 0 radical (unpaired) electrons. The SMILES string of the molecule is CN(CC1CC2CCC1C2)C1CCC(N)CC1. The molecule has 2 heteroatoms. The second-order valence-electron chi connectivity index (χ2n) is 6.94. The van der Waals surface area contributed by atoms with Crippen molar-refractivity contribution < 1.29 is 0 Å². The molecule has 0 spiro atoms. The number of rotatable bonds is 3. The van der Waals surface area contributed by atoms with E-state index < -0.39 is 0 Å². The first-order valence-corrected chi connectivity index (χ1v) is 7.68. The molecule has 3 unspecified atom stereocenters. The first-order valence-electron chi connectivity index (χ1n) is 7.68. The van der Waals surface area contributed by atoms with Crippen LogP contribution in [-0.4, -0.2) is 30.6 Å². The first kappa shape index (κ1) is 12.0. The van der Waals surface area contributed by atoms with Gasteiger partial charge in [-0.15, -0.1) is 0 Å². The van der Waals surface area contributed by atoms with Gasteiger partial charge in [-0.2, -0.15) is 0 Å². The van der Waals surface area contributed by atoms with Gasteiger partial charge in [-0.05, 0) is 69.7 Å². The minimum Gasteiger partial charge on any atom is -0.328 e. The lowest BCUT2D eigenvalue weighted by atomic mass is 9.86. The molecule has 2 bridgehead atoms. The van der Waals surface area contributed by atoms with E-state index in [9.17, 15) is 0 Å². The third-order valence-electron chi connectivity index (χ3n) is 5.77. The van der Waals surface area contributed by atoms with Gasteiger partial charge in [0.05, 0.1) is 0 Å². The highest BCUT2D eigenvalue weighted by Gasteiger charge is 2.40. The van der Waals surface area contributed by atoms with E-state index in [1.54, 1.807) is 6.42 Å². The molecular weight excluding hydrogens is 208 g/mol. The smallest absolute Gasteiger partial charge is 0.00934 e. The van der Waals surface area contributed by atoms with Crippen LogP contribution in [0.1, 0.15) is 51.4 Å². The van der Waals surface area contributed by atoms with Crippen LogP contribution in [0, 0.1) is 17.8 Å². The van der Waals surface area contributed by atoms with Crippen molar-refractivity contribution in [3.05, 3.63) is 0 Å². The van der Waals surface area contributed by atoms with Crippen LogP contribution in [0.4, 0.5) is 0 Å². The van der Waals surface area contributed by atoms with E-state index in [1.807, 2.05) is 0 Å². The molecule has 2 nitrogen and oxygen atoms in total. The van der Waals surface area contributed by atoms with Crippen molar-refractivity contribution in [2.24, 2.45) is 23.5 Å². The Balaban J connectivity index is 1.48. The van der Waals surface area contributed by atoms with Crippen molar-refractivity contribution in [1.82, 2.24) is 4.90 Å². The van der Waals surface area contributed by atoms with Crippen LogP contribution in [0.15, 0.2) is 0 Å². The van der Waals surface area contributed by atoms with E-state index in [0.29, 0.717) is 6.04 Å². The molecule has 0 aromatic heterocycles. The molecule has 3 aliphatic rings. The van der Waals surface area contributed by atoms with Gasteiger partial charge in [-0.3, -0.25) is 0 Å². The summed E-state index contributed by atoms with van der Waals surface area (Å²) < 4.78 is 0. The minimum absolute atomic E-state index is 0.488. The van der Waals surface area contributed by atoms with Crippen LogP contribution < -0.4 is 5.73 Å². The molecule has 17 heavy (non-hydrogen) atoms. The monoisotopic (exact) mass is 236 g/mol. The van der Waals surface area contributed by atoms with Gasteiger partial charge in [0.15, 0.2) is 0 Å². The van der Waals surface area contributed by atoms with Gasteiger partial charge in [0, 0.05) is 18.6 Å². The Hall–Kier alpha value is -0.0800. The fourth-order valence-corrected chi connectivity index (χ4v) is 4.66. The van der Waals surface area contributed by atoms with Crippen molar-refractivity contribution >= 4 is 0 Å². The summed E-state index contributed by atoms with van der Waals surface area (Å²) in [6.45, 7) is 1.36. The van der Waals surface area contributed by atoms with Crippen molar-refractivity contribution in [2.75, 3.05) is 13.6 Å².